The van der Waals surface area contributed by atoms with Crippen molar-refractivity contribution in [1.29, 1.82) is 0 Å². The number of amides is 1. The average Bonchev–Trinajstić information content (AvgIpc) is 2.45. The van der Waals surface area contributed by atoms with Gasteiger partial charge in [0.15, 0.2) is 0 Å². The number of nitrogens with zero attached hydrogens (tertiary/aromatic N) is 2. The van der Waals surface area contributed by atoms with Crippen LogP contribution in [0.3, 0.4) is 0 Å². The minimum Gasteiger partial charge on any atom is -0.372 e. The van der Waals surface area contributed by atoms with Gasteiger partial charge in [0.25, 0.3) is 5.91 Å². The van der Waals surface area contributed by atoms with E-state index in [2.05, 4.69) is 4.98 Å². The van der Waals surface area contributed by atoms with E-state index in [0.29, 0.717) is 18.7 Å². The van der Waals surface area contributed by atoms with Crippen molar-refractivity contribution < 1.29 is 9.53 Å². The maximum absolute atomic E-state index is 12.6. The molecule has 3 rings (SSSR count). The second-order valence-electron chi connectivity index (χ2n) is 5.38. The summed E-state index contributed by atoms with van der Waals surface area (Å²) < 4.78 is 5.67. The zero-order chi connectivity index (χ0) is 14.1. The van der Waals surface area contributed by atoms with E-state index < -0.39 is 0 Å². The van der Waals surface area contributed by atoms with Crippen LogP contribution in [-0.2, 0) is 4.74 Å². The quantitative estimate of drug-likeness (QED) is 0.799. The van der Waals surface area contributed by atoms with Gasteiger partial charge >= 0.3 is 0 Å². The molecule has 0 spiro atoms. The number of rotatable bonds is 1. The molecule has 1 aromatic carbocycles. The summed E-state index contributed by atoms with van der Waals surface area (Å²) >= 11 is 0. The number of fused-ring (bicyclic) bond motifs is 1. The van der Waals surface area contributed by atoms with Gasteiger partial charge in [0.05, 0.1) is 17.7 Å². The van der Waals surface area contributed by atoms with E-state index in [4.69, 9.17) is 4.74 Å². The van der Waals surface area contributed by atoms with Gasteiger partial charge in [-0.05, 0) is 38.1 Å². The molecular formula is C16H18N2O2. The number of ether oxygens (including phenoxy) is 1. The van der Waals surface area contributed by atoms with Gasteiger partial charge in [-0.3, -0.25) is 9.78 Å². The van der Waals surface area contributed by atoms with Gasteiger partial charge in [0.2, 0.25) is 0 Å². The fraction of sp³-hybridized carbons (Fsp3) is 0.375. The Balaban J connectivity index is 1.88. The van der Waals surface area contributed by atoms with Crippen molar-refractivity contribution in [2.45, 2.75) is 26.1 Å². The largest absolute Gasteiger partial charge is 0.372 e. The number of carbonyl (C=O) groups excluding carboxylic acids is 1. The number of hydrogen-bond acceptors (Lipinski definition) is 3. The van der Waals surface area contributed by atoms with Crippen molar-refractivity contribution in [3.8, 4) is 0 Å². The summed E-state index contributed by atoms with van der Waals surface area (Å²) in [6.45, 7) is 5.29. The van der Waals surface area contributed by atoms with Gasteiger partial charge in [-0.1, -0.05) is 6.07 Å². The van der Waals surface area contributed by atoms with E-state index in [0.717, 1.165) is 10.9 Å². The van der Waals surface area contributed by atoms with Gasteiger partial charge in [-0.25, -0.2) is 0 Å². The lowest BCUT2D eigenvalue weighted by atomic mass is 10.1. The monoisotopic (exact) mass is 270 g/mol. The second-order valence-corrected chi connectivity index (χ2v) is 5.38. The SMILES string of the molecule is CC1CN(C(=O)c2ccc3ncccc3c2)CC(C)O1. The molecule has 2 unspecified atom stereocenters. The minimum absolute atomic E-state index is 0.0674. The predicted octanol–water partition coefficient (Wildman–Crippen LogP) is 2.48. The van der Waals surface area contributed by atoms with Crippen LogP contribution in [-0.4, -0.2) is 41.1 Å². The summed E-state index contributed by atoms with van der Waals surface area (Å²) in [7, 11) is 0. The fourth-order valence-electron chi connectivity index (χ4n) is 2.73. The molecule has 1 aromatic heterocycles. The Bertz CT molecular complexity index is 631. The van der Waals surface area contributed by atoms with Crippen molar-refractivity contribution in [3.05, 3.63) is 42.1 Å². The molecule has 1 aliphatic rings. The van der Waals surface area contributed by atoms with E-state index in [-0.39, 0.29) is 18.1 Å². The Morgan fingerprint density at radius 2 is 2.00 bits per heavy atom. The van der Waals surface area contributed by atoms with Gasteiger partial charge in [-0.15, -0.1) is 0 Å². The van der Waals surface area contributed by atoms with Gasteiger partial charge in [-0.2, -0.15) is 0 Å². The third-order valence-electron chi connectivity index (χ3n) is 3.56. The van der Waals surface area contributed by atoms with Crippen molar-refractivity contribution in [1.82, 2.24) is 9.88 Å². The highest BCUT2D eigenvalue weighted by Crippen LogP contribution is 2.18. The lowest BCUT2D eigenvalue weighted by Crippen LogP contribution is -2.48. The molecule has 0 bridgehead atoms. The van der Waals surface area contributed by atoms with E-state index >= 15 is 0 Å². The highest BCUT2D eigenvalue weighted by atomic mass is 16.5. The Morgan fingerprint density at radius 1 is 1.25 bits per heavy atom. The number of hydrogen-bond donors (Lipinski definition) is 0. The Hall–Kier alpha value is -1.94. The Morgan fingerprint density at radius 3 is 2.75 bits per heavy atom. The molecule has 4 nitrogen and oxygen atoms in total. The number of pyridine rings is 1. The zero-order valence-corrected chi connectivity index (χ0v) is 11.7. The van der Waals surface area contributed by atoms with Crippen LogP contribution in [0.2, 0.25) is 0 Å². The highest BCUT2D eigenvalue weighted by molar-refractivity contribution is 5.98. The third kappa shape index (κ3) is 2.51. The van der Waals surface area contributed by atoms with Crippen LogP contribution in [0.25, 0.3) is 10.9 Å². The highest BCUT2D eigenvalue weighted by Gasteiger charge is 2.26. The zero-order valence-electron chi connectivity index (χ0n) is 11.7. The smallest absolute Gasteiger partial charge is 0.254 e. The molecule has 2 atom stereocenters. The molecular weight excluding hydrogens is 252 g/mol. The van der Waals surface area contributed by atoms with Gasteiger partial charge in [0.1, 0.15) is 0 Å². The van der Waals surface area contributed by atoms with Crippen molar-refractivity contribution in [2.24, 2.45) is 0 Å². The molecule has 1 aliphatic heterocycles. The maximum Gasteiger partial charge on any atom is 0.254 e. The lowest BCUT2D eigenvalue weighted by Gasteiger charge is -2.35. The molecule has 20 heavy (non-hydrogen) atoms. The summed E-state index contributed by atoms with van der Waals surface area (Å²) in [5.74, 6) is 0.0674. The summed E-state index contributed by atoms with van der Waals surface area (Å²) in [6, 6.07) is 9.52. The van der Waals surface area contributed by atoms with Gasteiger partial charge < -0.3 is 9.64 Å². The summed E-state index contributed by atoms with van der Waals surface area (Å²) in [6.07, 6.45) is 1.93. The van der Waals surface area contributed by atoms with Crippen LogP contribution in [0.1, 0.15) is 24.2 Å². The number of benzene rings is 1. The van der Waals surface area contributed by atoms with Crippen molar-refractivity contribution in [2.75, 3.05) is 13.1 Å². The van der Waals surface area contributed by atoms with Crippen LogP contribution in [0.15, 0.2) is 36.5 Å². The summed E-state index contributed by atoms with van der Waals surface area (Å²) in [5.41, 5.74) is 1.62. The predicted molar refractivity (Wildman–Crippen MR) is 77.7 cm³/mol. The van der Waals surface area contributed by atoms with Crippen LogP contribution in [0, 0.1) is 0 Å². The van der Waals surface area contributed by atoms with Crippen LogP contribution in [0.4, 0.5) is 0 Å². The maximum atomic E-state index is 12.6. The number of carbonyl (C=O) groups is 1. The lowest BCUT2D eigenvalue weighted by molar-refractivity contribution is -0.0586. The topological polar surface area (TPSA) is 42.4 Å². The van der Waals surface area contributed by atoms with Gasteiger partial charge in [0, 0.05) is 30.2 Å². The fourth-order valence-corrected chi connectivity index (χ4v) is 2.73. The molecule has 2 heterocycles. The molecule has 1 amide bonds. The first-order chi connectivity index (χ1) is 9.63. The van der Waals surface area contributed by atoms with E-state index in [1.807, 2.05) is 49.1 Å². The normalized spacial score (nSPS) is 23.0. The minimum atomic E-state index is 0.0674. The standard InChI is InChI=1S/C16H18N2O2/c1-11-9-18(10-12(2)20-11)16(19)14-5-6-15-13(8-14)4-3-7-17-15/h3-8,11-12H,9-10H2,1-2H3. The summed E-state index contributed by atoms with van der Waals surface area (Å²) in [4.78, 5) is 18.7. The Labute approximate surface area is 118 Å². The first-order valence-electron chi connectivity index (χ1n) is 6.93. The average molecular weight is 270 g/mol. The molecule has 0 radical (unpaired) electrons. The van der Waals surface area contributed by atoms with E-state index in [9.17, 15) is 4.79 Å². The van der Waals surface area contributed by atoms with Crippen molar-refractivity contribution in [3.63, 3.8) is 0 Å². The van der Waals surface area contributed by atoms with Crippen LogP contribution in [0.5, 0.6) is 0 Å². The first-order valence-corrected chi connectivity index (χ1v) is 6.93. The molecule has 4 heteroatoms. The third-order valence-corrected chi connectivity index (χ3v) is 3.56. The molecule has 0 N–H and O–H groups in total. The molecule has 0 saturated carbocycles. The Kier molecular flexibility index (Phi) is 3.40. The first kappa shape index (κ1) is 13.1. The number of aromatic nitrogens is 1. The number of morpholine rings is 1. The van der Waals surface area contributed by atoms with Crippen LogP contribution < -0.4 is 0 Å². The molecule has 2 aromatic rings. The second kappa shape index (κ2) is 5.21. The van der Waals surface area contributed by atoms with E-state index in [1.54, 1.807) is 6.20 Å². The molecule has 1 fully saturated rings. The summed E-state index contributed by atoms with van der Waals surface area (Å²) in [5, 5.41) is 0.993. The molecule has 0 aliphatic carbocycles. The van der Waals surface area contributed by atoms with Crippen molar-refractivity contribution >= 4 is 16.8 Å². The van der Waals surface area contributed by atoms with E-state index in [1.165, 1.54) is 0 Å². The molecule has 104 valence electrons. The van der Waals surface area contributed by atoms with Crippen LogP contribution >= 0.6 is 0 Å². The molecule has 1 saturated heterocycles.